The van der Waals surface area contributed by atoms with Crippen molar-refractivity contribution in [2.45, 2.75) is 13.3 Å². The molecule has 0 heterocycles. The minimum Gasteiger partial charge on any atom is -0.497 e. The van der Waals surface area contributed by atoms with Gasteiger partial charge in [0.05, 0.1) is 19.2 Å². The first kappa shape index (κ1) is 19.0. The molecule has 0 atom stereocenters. The van der Waals surface area contributed by atoms with Crippen LogP contribution in [0.2, 0.25) is 0 Å². The largest absolute Gasteiger partial charge is 0.497 e. The third-order valence-electron chi connectivity index (χ3n) is 3.80. The van der Waals surface area contributed by atoms with Gasteiger partial charge in [0.2, 0.25) is 5.91 Å². The van der Waals surface area contributed by atoms with Gasteiger partial charge in [-0.15, -0.1) is 0 Å². The average molecular weight is 405 g/mol. The molecule has 0 aliphatic carbocycles. The number of carbonyl (C=O) groups excluding carboxylic acids is 2. The van der Waals surface area contributed by atoms with Crippen molar-refractivity contribution in [3.8, 4) is 5.75 Å². The summed E-state index contributed by atoms with van der Waals surface area (Å²) >= 11 is 3.36. The maximum Gasteiger partial charge on any atom is 0.255 e. The number of para-hydroxylation sites is 1. The molecule has 0 radical (unpaired) electrons. The van der Waals surface area contributed by atoms with Crippen LogP contribution in [0.1, 0.15) is 22.8 Å². The number of hydrogen-bond acceptors (Lipinski definition) is 3. The van der Waals surface area contributed by atoms with E-state index in [4.69, 9.17) is 4.74 Å². The lowest BCUT2D eigenvalue weighted by Gasteiger charge is -2.18. The summed E-state index contributed by atoms with van der Waals surface area (Å²) in [5.41, 5.74) is 2.28. The Kier molecular flexibility index (Phi) is 6.58. The summed E-state index contributed by atoms with van der Waals surface area (Å²) in [6, 6.07) is 12.8. The van der Waals surface area contributed by atoms with Gasteiger partial charge >= 0.3 is 0 Å². The Balaban J connectivity index is 2.07. The van der Waals surface area contributed by atoms with Crippen molar-refractivity contribution in [1.82, 2.24) is 4.90 Å². The summed E-state index contributed by atoms with van der Waals surface area (Å²) in [5.74, 6) is 0.0849. The molecule has 0 spiro atoms. The zero-order valence-electron chi connectivity index (χ0n) is 14.5. The van der Waals surface area contributed by atoms with Crippen LogP contribution in [0, 0.1) is 0 Å². The topological polar surface area (TPSA) is 58.6 Å². The van der Waals surface area contributed by atoms with Gasteiger partial charge in [0, 0.05) is 17.2 Å². The van der Waals surface area contributed by atoms with Gasteiger partial charge in [-0.25, -0.2) is 0 Å². The van der Waals surface area contributed by atoms with Crippen molar-refractivity contribution >= 4 is 33.4 Å². The second-order valence-corrected chi connectivity index (χ2v) is 6.42. The highest BCUT2D eigenvalue weighted by atomic mass is 79.9. The lowest BCUT2D eigenvalue weighted by molar-refractivity contribution is -0.116. The number of amides is 2. The Labute approximate surface area is 156 Å². The third-order valence-corrected chi connectivity index (χ3v) is 4.50. The molecule has 0 saturated heterocycles. The number of rotatable bonds is 6. The van der Waals surface area contributed by atoms with Crippen LogP contribution in [0.4, 0.5) is 5.69 Å². The summed E-state index contributed by atoms with van der Waals surface area (Å²) in [6.07, 6.45) is 0.821. The van der Waals surface area contributed by atoms with Gasteiger partial charge in [-0.1, -0.05) is 25.1 Å². The Morgan fingerprint density at radius 3 is 2.60 bits per heavy atom. The van der Waals surface area contributed by atoms with Crippen LogP contribution in [0.5, 0.6) is 5.75 Å². The number of aryl methyl sites for hydroxylation is 1. The van der Waals surface area contributed by atoms with Crippen LogP contribution in [-0.2, 0) is 11.2 Å². The predicted octanol–water partition coefficient (Wildman–Crippen LogP) is 3.73. The standard InChI is InChI=1S/C19H21BrN2O3/c1-4-13-7-5-6-8-17(13)21-18(23)12-22(2)19(24)15-11-14(25-3)9-10-16(15)20/h5-11H,4,12H2,1-3H3,(H,21,23). The highest BCUT2D eigenvalue weighted by Crippen LogP contribution is 2.23. The van der Waals surface area contributed by atoms with Crippen LogP contribution in [-0.4, -0.2) is 37.4 Å². The minimum absolute atomic E-state index is 0.0411. The zero-order chi connectivity index (χ0) is 18.4. The molecule has 0 unspecified atom stereocenters. The van der Waals surface area contributed by atoms with E-state index in [2.05, 4.69) is 21.2 Å². The fourth-order valence-corrected chi connectivity index (χ4v) is 2.84. The number of anilines is 1. The number of benzene rings is 2. The van der Waals surface area contributed by atoms with Gasteiger partial charge in [0.25, 0.3) is 5.91 Å². The first-order chi connectivity index (χ1) is 12.0. The number of likely N-dealkylation sites (N-methyl/N-ethyl adjacent to an activating group) is 1. The Hall–Kier alpha value is -2.34. The van der Waals surface area contributed by atoms with E-state index < -0.39 is 0 Å². The number of nitrogens with zero attached hydrogens (tertiary/aromatic N) is 1. The summed E-state index contributed by atoms with van der Waals surface area (Å²) < 4.78 is 5.81. The molecule has 2 aromatic rings. The van der Waals surface area contributed by atoms with Crippen molar-refractivity contribution in [3.63, 3.8) is 0 Å². The van der Waals surface area contributed by atoms with E-state index in [1.807, 2.05) is 31.2 Å². The van der Waals surface area contributed by atoms with Gasteiger partial charge in [-0.05, 0) is 52.2 Å². The SMILES string of the molecule is CCc1ccccc1NC(=O)CN(C)C(=O)c1cc(OC)ccc1Br. The average Bonchev–Trinajstić information content (AvgIpc) is 2.61. The van der Waals surface area contributed by atoms with Crippen molar-refractivity contribution in [3.05, 3.63) is 58.1 Å². The first-order valence-electron chi connectivity index (χ1n) is 7.93. The van der Waals surface area contributed by atoms with Gasteiger partial charge in [0.15, 0.2) is 0 Å². The highest BCUT2D eigenvalue weighted by molar-refractivity contribution is 9.10. The Bertz CT molecular complexity index is 777. The fourth-order valence-electron chi connectivity index (χ4n) is 2.43. The van der Waals surface area contributed by atoms with E-state index in [1.54, 1.807) is 32.4 Å². The number of hydrogen-bond donors (Lipinski definition) is 1. The van der Waals surface area contributed by atoms with Crippen molar-refractivity contribution < 1.29 is 14.3 Å². The predicted molar refractivity (Wildman–Crippen MR) is 102 cm³/mol. The van der Waals surface area contributed by atoms with Crippen molar-refractivity contribution in [2.75, 3.05) is 26.0 Å². The molecule has 2 aromatic carbocycles. The van der Waals surface area contributed by atoms with Crippen LogP contribution < -0.4 is 10.1 Å². The first-order valence-corrected chi connectivity index (χ1v) is 8.72. The number of methoxy groups -OCH3 is 1. The highest BCUT2D eigenvalue weighted by Gasteiger charge is 2.18. The van der Waals surface area contributed by atoms with Gasteiger partial charge in [-0.2, -0.15) is 0 Å². The molecule has 132 valence electrons. The molecule has 0 aromatic heterocycles. The zero-order valence-corrected chi connectivity index (χ0v) is 16.1. The second kappa shape index (κ2) is 8.67. The maximum absolute atomic E-state index is 12.6. The molecule has 0 bridgehead atoms. The lowest BCUT2D eigenvalue weighted by Crippen LogP contribution is -2.35. The van der Waals surface area contributed by atoms with Gasteiger partial charge in [0.1, 0.15) is 5.75 Å². The van der Waals surface area contributed by atoms with Crippen molar-refractivity contribution in [2.24, 2.45) is 0 Å². The molecule has 0 aliphatic heterocycles. The summed E-state index contributed by atoms with van der Waals surface area (Å²) in [4.78, 5) is 26.3. The molecular weight excluding hydrogens is 384 g/mol. The molecular formula is C19H21BrN2O3. The molecule has 6 heteroatoms. The summed E-state index contributed by atoms with van der Waals surface area (Å²) in [7, 11) is 3.14. The van der Waals surface area contributed by atoms with E-state index in [-0.39, 0.29) is 18.4 Å². The number of ether oxygens (including phenoxy) is 1. The van der Waals surface area contributed by atoms with Crippen LogP contribution in [0.25, 0.3) is 0 Å². The normalized spacial score (nSPS) is 10.2. The van der Waals surface area contributed by atoms with E-state index in [0.717, 1.165) is 17.7 Å². The fraction of sp³-hybridized carbons (Fsp3) is 0.263. The lowest BCUT2D eigenvalue weighted by atomic mass is 10.1. The third kappa shape index (κ3) is 4.82. The van der Waals surface area contributed by atoms with E-state index in [9.17, 15) is 9.59 Å². The molecule has 0 aliphatic rings. The van der Waals surface area contributed by atoms with E-state index in [0.29, 0.717) is 15.8 Å². The Morgan fingerprint density at radius 1 is 1.20 bits per heavy atom. The molecule has 5 nitrogen and oxygen atoms in total. The summed E-state index contributed by atoms with van der Waals surface area (Å²) in [6.45, 7) is 1.99. The minimum atomic E-state index is -0.260. The molecule has 1 N–H and O–H groups in total. The monoisotopic (exact) mass is 404 g/mol. The maximum atomic E-state index is 12.6. The number of carbonyl (C=O) groups is 2. The van der Waals surface area contributed by atoms with Crippen molar-refractivity contribution in [1.29, 1.82) is 0 Å². The number of halogens is 1. The van der Waals surface area contributed by atoms with Crippen LogP contribution >= 0.6 is 15.9 Å². The quantitative estimate of drug-likeness (QED) is 0.797. The molecule has 0 saturated carbocycles. The van der Waals surface area contributed by atoms with Gasteiger partial charge < -0.3 is 15.0 Å². The van der Waals surface area contributed by atoms with Gasteiger partial charge in [-0.3, -0.25) is 9.59 Å². The van der Waals surface area contributed by atoms with Crippen LogP contribution in [0.15, 0.2) is 46.9 Å². The smallest absolute Gasteiger partial charge is 0.255 e. The molecule has 2 rings (SSSR count). The molecule has 25 heavy (non-hydrogen) atoms. The van der Waals surface area contributed by atoms with E-state index in [1.165, 1.54) is 4.90 Å². The Morgan fingerprint density at radius 2 is 1.92 bits per heavy atom. The molecule has 2 amide bonds. The van der Waals surface area contributed by atoms with E-state index >= 15 is 0 Å². The summed E-state index contributed by atoms with van der Waals surface area (Å²) in [5, 5.41) is 2.87. The second-order valence-electron chi connectivity index (χ2n) is 5.57. The molecule has 0 fully saturated rings. The number of nitrogens with one attached hydrogen (secondary N) is 1. The van der Waals surface area contributed by atoms with Crippen LogP contribution in [0.3, 0.4) is 0 Å².